The van der Waals surface area contributed by atoms with Crippen molar-refractivity contribution in [1.29, 1.82) is 0 Å². The Labute approximate surface area is 143 Å². The molecule has 0 aliphatic heterocycles. The van der Waals surface area contributed by atoms with E-state index in [4.69, 9.17) is 15.2 Å². The summed E-state index contributed by atoms with van der Waals surface area (Å²) in [4.78, 5) is 26.5. The van der Waals surface area contributed by atoms with Gasteiger partial charge in [-0.05, 0) is 36.4 Å². The zero-order chi connectivity index (χ0) is 17.8. The van der Waals surface area contributed by atoms with E-state index >= 15 is 0 Å². The van der Waals surface area contributed by atoms with Gasteiger partial charge in [0.1, 0.15) is 0 Å². The van der Waals surface area contributed by atoms with Crippen molar-refractivity contribution in [2.75, 3.05) is 19.0 Å². The minimum Gasteiger partial charge on any atom is -0.493 e. The fourth-order valence-corrected chi connectivity index (χ4v) is 2.47. The number of amides is 2. The third-order valence-corrected chi connectivity index (χ3v) is 3.64. The molecule has 7 nitrogen and oxygen atoms in total. The third-order valence-electron chi connectivity index (χ3n) is 3.64. The highest BCUT2D eigenvalue weighted by atomic mass is 16.5. The van der Waals surface area contributed by atoms with Crippen molar-refractivity contribution in [2.45, 2.75) is 0 Å². The van der Waals surface area contributed by atoms with Gasteiger partial charge in [0.2, 0.25) is 0 Å². The number of anilines is 1. The van der Waals surface area contributed by atoms with E-state index in [1.165, 1.54) is 7.11 Å². The molecule has 25 heavy (non-hydrogen) atoms. The monoisotopic (exact) mass is 339 g/mol. The van der Waals surface area contributed by atoms with Gasteiger partial charge in [-0.25, -0.2) is 0 Å². The van der Waals surface area contributed by atoms with E-state index in [2.05, 4.69) is 10.3 Å². The Kier molecular flexibility index (Phi) is 4.56. The number of fused-ring (bicyclic) bond motifs is 1. The van der Waals surface area contributed by atoms with E-state index in [-0.39, 0.29) is 12.5 Å². The quantitative estimate of drug-likeness (QED) is 0.640. The molecule has 0 bridgehead atoms. The number of aromatic nitrogens is 1. The molecule has 0 atom stereocenters. The normalized spacial score (nSPS) is 10.4. The van der Waals surface area contributed by atoms with Gasteiger partial charge in [-0.3, -0.25) is 9.59 Å². The van der Waals surface area contributed by atoms with Gasteiger partial charge >= 0.3 is 0 Å². The van der Waals surface area contributed by atoms with Crippen LogP contribution in [0.15, 0.2) is 48.7 Å². The lowest BCUT2D eigenvalue weighted by Gasteiger charge is -2.12. The Balaban J connectivity index is 1.82. The minimum absolute atomic E-state index is 0.266. The molecule has 0 aliphatic rings. The van der Waals surface area contributed by atoms with Crippen molar-refractivity contribution in [3.63, 3.8) is 0 Å². The molecule has 1 aromatic heterocycles. The van der Waals surface area contributed by atoms with Crippen molar-refractivity contribution in [1.82, 2.24) is 4.98 Å². The van der Waals surface area contributed by atoms with Crippen LogP contribution in [-0.4, -0.2) is 30.5 Å². The summed E-state index contributed by atoms with van der Waals surface area (Å²) in [6.07, 6.45) is 1.81. The molecule has 128 valence electrons. The number of rotatable bonds is 6. The second kappa shape index (κ2) is 6.96. The van der Waals surface area contributed by atoms with Crippen LogP contribution in [0.2, 0.25) is 0 Å². The van der Waals surface area contributed by atoms with Crippen LogP contribution in [0.3, 0.4) is 0 Å². The van der Waals surface area contributed by atoms with Gasteiger partial charge in [-0.2, -0.15) is 0 Å². The van der Waals surface area contributed by atoms with Crippen molar-refractivity contribution < 1.29 is 19.1 Å². The lowest BCUT2D eigenvalue weighted by atomic mass is 10.1. The lowest BCUT2D eigenvalue weighted by molar-refractivity contribution is -0.119. The van der Waals surface area contributed by atoms with Crippen LogP contribution >= 0.6 is 0 Å². The first-order chi connectivity index (χ1) is 12.1. The highest BCUT2D eigenvalue weighted by Gasteiger charge is 2.13. The number of ether oxygens (including phenoxy) is 2. The fraction of sp³-hybridized carbons (Fsp3) is 0.111. The number of carbonyl (C=O) groups excluding carboxylic acids is 2. The summed E-state index contributed by atoms with van der Waals surface area (Å²) in [7, 11) is 1.45. The predicted molar refractivity (Wildman–Crippen MR) is 93.9 cm³/mol. The molecule has 0 fully saturated rings. The molecule has 0 radical (unpaired) electrons. The highest BCUT2D eigenvalue weighted by molar-refractivity contribution is 6.09. The van der Waals surface area contributed by atoms with Gasteiger partial charge in [0.25, 0.3) is 11.8 Å². The van der Waals surface area contributed by atoms with E-state index < -0.39 is 5.91 Å². The molecule has 3 rings (SSSR count). The fourth-order valence-electron chi connectivity index (χ4n) is 2.47. The summed E-state index contributed by atoms with van der Waals surface area (Å²) in [6.45, 7) is -0.266. The molecule has 4 N–H and O–H groups in total. The minimum atomic E-state index is -0.594. The molecule has 7 heteroatoms. The summed E-state index contributed by atoms with van der Waals surface area (Å²) in [5.74, 6) is -0.198. The highest BCUT2D eigenvalue weighted by Crippen LogP contribution is 2.29. The van der Waals surface area contributed by atoms with Gasteiger partial charge in [-0.15, -0.1) is 0 Å². The van der Waals surface area contributed by atoms with E-state index in [1.807, 2.05) is 30.5 Å². The van der Waals surface area contributed by atoms with E-state index in [0.717, 1.165) is 10.9 Å². The topological polar surface area (TPSA) is 106 Å². The smallest absolute Gasteiger partial charge is 0.255 e. The number of primary amides is 1. The van der Waals surface area contributed by atoms with Gasteiger partial charge < -0.3 is 25.5 Å². The van der Waals surface area contributed by atoms with E-state index in [1.54, 1.807) is 18.2 Å². The molecule has 0 unspecified atom stereocenters. The van der Waals surface area contributed by atoms with Crippen LogP contribution in [-0.2, 0) is 4.79 Å². The first kappa shape index (κ1) is 16.4. The van der Waals surface area contributed by atoms with E-state index in [9.17, 15) is 9.59 Å². The van der Waals surface area contributed by atoms with Gasteiger partial charge in [0.15, 0.2) is 18.1 Å². The SMILES string of the molecule is COc1cc(C(=O)Nc2cccc3[nH]ccc23)ccc1OCC(N)=O. The number of nitrogens with one attached hydrogen (secondary N) is 2. The first-order valence-electron chi connectivity index (χ1n) is 7.55. The Hall–Kier alpha value is -3.48. The number of nitrogens with two attached hydrogens (primary N) is 1. The summed E-state index contributed by atoms with van der Waals surface area (Å²) in [5, 5.41) is 3.80. The molecule has 3 aromatic rings. The maximum atomic E-state index is 12.5. The number of aromatic amines is 1. The number of hydrogen-bond donors (Lipinski definition) is 3. The molecule has 2 amide bonds. The number of carbonyl (C=O) groups is 2. The number of hydrogen-bond acceptors (Lipinski definition) is 4. The van der Waals surface area contributed by atoms with E-state index in [0.29, 0.717) is 22.7 Å². The Morgan fingerprint density at radius 2 is 2.00 bits per heavy atom. The predicted octanol–water partition coefficient (Wildman–Crippen LogP) is 2.29. The van der Waals surface area contributed by atoms with Gasteiger partial charge in [0, 0.05) is 22.7 Å². The first-order valence-corrected chi connectivity index (χ1v) is 7.55. The van der Waals surface area contributed by atoms with Crippen molar-refractivity contribution >= 4 is 28.4 Å². The summed E-state index contributed by atoms with van der Waals surface area (Å²) in [6, 6.07) is 12.2. The van der Waals surface area contributed by atoms with Crippen LogP contribution in [0.25, 0.3) is 10.9 Å². The summed E-state index contributed by atoms with van der Waals surface area (Å²) < 4.78 is 10.5. The molecule has 0 saturated heterocycles. The number of H-pyrrole nitrogens is 1. The largest absolute Gasteiger partial charge is 0.493 e. The third kappa shape index (κ3) is 3.55. The van der Waals surface area contributed by atoms with Crippen molar-refractivity contribution in [3.05, 3.63) is 54.2 Å². The lowest BCUT2D eigenvalue weighted by Crippen LogP contribution is -2.20. The molecule has 2 aromatic carbocycles. The standard InChI is InChI=1S/C18H17N3O4/c1-24-16-9-11(5-6-15(16)25-10-17(19)22)18(23)21-14-4-2-3-13-12(14)7-8-20-13/h2-9,20H,10H2,1H3,(H2,19,22)(H,21,23). The van der Waals surface area contributed by atoms with Crippen LogP contribution in [0.5, 0.6) is 11.5 Å². The van der Waals surface area contributed by atoms with Gasteiger partial charge in [-0.1, -0.05) is 6.07 Å². The Bertz CT molecular complexity index is 933. The maximum absolute atomic E-state index is 12.5. The van der Waals surface area contributed by atoms with Crippen LogP contribution in [0.1, 0.15) is 10.4 Å². The average molecular weight is 339 g/mol. The van der Waals surface area contributed by atoms with Gasteiger partial charge in [0.05, 0.1) is 12.8 Å². The van der Waals surface area contributed by atoms with Crippen LogP contribution in [0.4, 0.5) is 5.69 Å². The second-order valence-electron chi connectivity index (χ2n) is 5.32. The van der Waals surface area contributed by atoms with Crippen molar-refractivity contribution in [3.8, 4) is 11.5 Å². The zero-order valence-electron chi connectivity index (χ0n) is 13.5. The Morgan fingerprint density at radius 1 is 1.16 bits per heavy atom. The summed E-state index contributed by atoms with van der Waals surface area (Å²) >= 11 is 0. The molecule has 0 aliphatic carbocycles. The number of methoxy groups -OCH3 is 1. The Morgan fingerprint density at radius 3 is 2.76 bits per heavy atom. The summed E-state index contributed by atoms with van der Waals surface area (Å²) in [5.41, 5.74) is 7.10. The molecule has 0 spiro atoms. The zero-order valence-corrected chi connectivity index (χ0v) is 13.5. The van der Waals surface area contributed by atoms with Crippen LogP contribution in [0, 0.1) is 0 Å². The molecule has 1 heterocycles. The second-order valence-corrected chi connectivity index (χ2v) is 5.32. The van der Waals surface area contributed by atoms with Crippen molar-refractivity contribution in [2.24, 2.45) is 5.73 Å². The molecular formula is C18H17N3O4. The maximum Gasteiger partial charge on any atom is 0.255 e. The van der Waals surface area contributed by atoms with Crippen LogP contribution < -0.4 is 20.5 Å². The number of benzene rings is 2. The molecule has 0 saturated carbocycles. The molecular weight excluding hydrogens is 322 g/mol. The average Bonchev–Trinajstić information content (AvgIpc) is 3.09.